The lowest BCUT2D eigenvalue weighted by atomic mass is 9.57. The van der Waals surface area contributed by atoms with Gasteiger partial charge < -0.3 is 0 Å². The third-order valence-corrected chi connectivity index (χ3v) is 9.80. The number of fused-ring (bicyclic) bond motifs is 19. The Kier molecular flexibility index (Phi) is 1.70. The van der Waals surface area contributed by atoms with Gasteiger partial charge in [0.05, 0.1) is 0 Å². The second-order valence-corrected chi connectivity index (χ2v) is 9.76. The molecule has 5 fully saturated rings. The van der Waals surface area contributed by atoms with Gasteiger partial charge in [-0.15, -0.1) is 0 Å². The second-order valence-electron chi connectivity index (χ2n) is 9.76. The average Bonchev–Trinajstić information content (AvgIpc) is 3.24. The van der Waals surface area contributed by atoms with Crippen LogP contribution in [0.4, 0.5) is 0 Å². The van der Waals surface area contributed by atoms with Crippen LogP contribution in [0.5, 0.6) is 0 Å². The molecule has 12 atom stereocenters. The molecule has 0 saturated heterocycles. The average molecular weight is 278 g/mol. The van der Waals surface area contributed by atoms with Crippen molar-refractivity contribution in [1.82, 2.24) is 0 Å². The van der Waals surface area contributed by atoms with Crippen molar-refractivity contribution in [3.05, 3.63) is 23.8 Å². The maximum Gasteiger partial charge on any atom is -0.0166 e. The number of allylic oxidation sites excluding steroid dienone is 4. The molecule has 21 heavy (non-hydrogen) atoms. The fourth-order valence-electron chi connectivity index (χ4n) is 9.83. The lowest BCUT2D eigenvalue weighted by molar-refractivity contribution is 0.0146. The Balaban J connectivity index is 1.34. The molecule has 7 aliphatic carbocycles. The summed E-state index contributed by atoms with van der Waals surface area (Å²) >= 11 is 0. The summed E-state index contributed by atoms with van der Waals surface area (Å²) in [6.45, 7) is 2.45. The van der Waals surface area contributed by atoms with Gasteiger partial charge in [-0.25, -0.2) is 0 Å². The van der Waals surface area contributed by atoms with Crippen LogP contribution in [0.2, 0.25) is 0 Å². The van der Waals surface area contributed by atoms with Crippen LogP contribution in [0.1, 0.15) is 32.6 Å². The Morgan fingerprint density at radius 1 is 0.810 bits per heavy atom. The minimum absolute atomic E-state index is 1.01. The molecule has 0 radical (unpaired) electrons. The summed E-state index contributed by atoms with van der Waals surface area (Å²) in [6, 6.07) is 0. The van der Waals surface area contributed by atoms with Crippen LogP contribution in [0.3, 0.4) is 0 Å². The van der Waals surface area contributed by atoms with Crippen LogP contribution >= 0.6 is 0 Å². The molecule has 110 valence electrons. The molecular weight excluding hydrogens is 252 g/mol. The highest BCUT2D eigenvalue weighted by Gasteiger charge is 2.72. The fourth-order valence-corrected chi connectivity index (χ4v) is 9.83. The maximum atomic E-state index is 2.70. The summed E-state index contributed by atoms with van der Waals surface area (Å²) in [4.78, 5) is 0. The van der Waals surface area contributed by atoms with Gasteiger partial charge in [0, 0.05) is 0 Å². The molecule has 5 saturated carbocycles. The molecule has 0 nitrogen and oxygen atoms in total. The van der Waals surface area contributed by atoms with E-state index in [9.17, 15) is 0 Å². The van der Waals surface area contributed by atoms with Crippen LogP contribution in [-0.4, -0.2) is 0 Å². The van der Waals surface area contributed by atoms with Crippen molar-refractivity contribution in [3.63, 3.8) is 0 Å². The van der Waals surface area contributed by atoms with Crippen LogP contribution in [0.15, 0.2) is 23.8 Å². The Bertz CT molecular complexity index is 597. The molecule has 7 aliphatic rings. The van der Waals surface area contributed by atoms with Crippen molar-refractivity contribution in [2.45, 2.75) is 32.6 Å². The van der Waals surface area contributed by atoms with Gasteiger partial charge in [-0.1, -0.05) is 23.8 Å². The normalized spacial score (nSPS) is 70.4. The smallest absolute Gasteiger partial charge is 0.0166 e. The first kappa shape index (κ1) is 11.1. The molecule has 0 N–H and O–H groups in total. The van der Waals surface area contributed by atoms with E-state index in [2.05, 4.69) is 25.2 Å². The van der Waals surface area contributed by atoms with Crippen LogP contribution in [0, 0.1) is 71.0 Å². The van der Waals surface area contributed by atoms with E-state index in [0.717, 1.165) is 65.1 Å². The molecule has 0 aromatic heterocycles. The molecule has 12 unspecified atom stereocenters. The van der Waals surface area contributed by atoms with E-state index in [4.69, 9.17) is 0 Å². The van der Waals surface area contributed by atoms with Crippen molar-refractivity contribution in [3.8, 4) is 0 Å². The summed E-state index contributed by atoms with van der Waals surface area (Å²) in [6.07, 6.45) is 14.1. The molecule has 6 bridgehead atoms. The monoisotopic (exact) mass is 278 g/mol. The number of hydrogen-bond acceptors (Lipinski definition) is 0. The van der Waals surface area contributed by atoms with Crippen LogP contribution < -0.4 is 0 Å². The van der Waals surface area contributed by atoms with E-state index in [-0.39, 0.29) is 0 Å². The third kappa shape index (κ3) is 0.991. The summed E-state index contributed by atoms with van der Waals surface area (Å²) in [5.74, 6) is 13.3. The minimum Gasteiger partial charge on any atom is -0.0879 e. The zero-order chi connectivity index (χ0) is 13.5. The topological polar surface area (TPSA) is 0 Å². The Hall–Kier alpha value is -0.520. The minimum atomic E-state index is 1.01. The maximum absolute atomic E-state index is 2.70. The summed E-state index contributed by atoms with van der Waals surface area (Å²) in [5, 5.41) is 0. The highest BCUT2D eigenvalue weighted by Crippen LogP contribution is 2.78. The predicted molar refractivity (Wildman–Crippen MR) is 83.2 cm³/mol. The molecule has 0 heterocycles. The van der Waals surface area contributed by atoms with Crippen molar-refractivity contribution in [1.29, 1.82) is 0 Å². The molecule has 0 spiro atoms. The number of hydrogen-bond donors (Lipinski definition) is 0. The fraction of sp³-hybridized carbons (Fsp3) is 0.810. The van der Waals surface area contributed by atoms with Gasteiger partial charge in [0.1, 0.15) is 0 Å². The first-order chi connectivity index (χ1) is 10.3. The molecule has 0 aromatic rings. The Morgan fingerprint density at radius 3 is 2.57 bits per heavy atom. The van der Waals surface area contributed by atoms with Crippen LogP contribution in [0.25, 0.3) is 0 Å². The van der Waals surface area contributed by atoms with Crippen molar-refractivity contribution < 1.29 is 0 Å². The lowest BCUT2D eigenvalue weighted by Gasteiger charge is -2.47. The largest absolute Gasteiger partial charge is 0.0879 e. The molecular formula is C21H26. The summed E-state index contributed by atoms with van der Waals surface area (Å²) < 4.78 is 0. The van der Waals surface area contributed by atoms with Gasteiger partial charge in [0.2, 0.25) is 0 Å². The lowest BCUT2D eigenvalue weighted by Crippen LogP contribution is -2.43. The molecule has 0 amide bonds. The summed E-state index contributed by atoms with van der Waals surface area (Å²) in [7, 11) is 0. The second kappa shape index (κ2) is 3.22. The quantitative estimate of drug-likeness (QED) is 0.451. The van der Waals surface area contributed by atoms with E-state index in [1.165, 1.54) is 12.3 Å². The van der Waals surface area contributed by atoms with E-state index >= 15 is 0 Å². The van der Waals surface area contributed by atoms with E-state index in [1.54, 1.807) is 24.8 Å². The van der Waals surface area contributed by atoms with Gasteiger partial charge >= 0.3 is 0 Å². The number of rotatable bonds is 0. The van der Waals surface area contributed by atoms with Crippen molar-refractivity contribution in [2.75, 3.05) is 0 Å². The molecule has 0 heteroatoms. The summed E-state index contributed by atoms with van der Waals surface area (Å²) in [5.41, 5.74) is 1.78. The van der Waals surface area contributed by atoms with Gasteiger partial charge in [-0.2, -0.15) is 0 Å². The highest BCUT2D eigenvalue weighted by atomic mass is 14.8. The van der Waals surface area contributed by atoms with Gasteiger partial charge in [-0.3, -0.25) is 0 Å². The zero-order valence-corrected chi connectivity index (χ0v) is 13.0. The van der Waals surface area contributed by atoms with Gasteiger partial charge in [0.15, 0.2) is 0 Å². The van der Waals surface area contributed by atoms with Gasteiger partial charge in [0.25, 0.3) is 0 Å². The predicted octanol–water partition coefficient (Wildman–Crippen LogP) is 4.54. The third-order valence-electron chi connectivity index (χ3n) is 9.80. The molecule has 0 aliphatic heterocycles. The van der Waals surface area contributed by atoms with Crippen molar-refractivity contribution >= 4 is 0 Å². The van der Waals surface area contributed by atoms with Crippen LogP contribution in [-0.2, 0) is 0 Å². The van der Waals surface area contributed by atoms with Gasteiger partial charge in [-0.05, 0) is 104 Å². The Labute approximate surface area is 128 Å². The van der Waals surface area contributed by atoms with E-state index < -0.39 is 0 Å². The Morgan fingerprint density at radius 2 is 1.62 bits per heavy atom. The van der Waals surface area contributed by atoms with Crippen molar-refractivity contribution in [2.24, 2.45) is 71.0 Å². The molecule has 7 rings (SSSR count). The van der Waals surface area contributed by atoms with E-state index in [1.807, 2.05) is 0 Å². The molecule has 0 aromatic carbocycles. The SMILES string of the molecule is CC1=CC2CC1C1C3CC(C21)C1C2CC(C4C=CCC42)C31. The first-order valence-corrected chi connectivity index (χ1v) is 9.68. The standard InChI is InChI=1S/C21H26/c1-9-5-10-6-13(9)19-17-8-16(18(10)19)20-14-7-15(21(17)20)12-4-2-3-11(12)14/h2,4-5,10-21H,3,6-8H2,1H3. The zero-order valence-electron chi connectivity index (χ0n) is 13.0. The highest BCUT2D eigenvalue weighted by molar-refractivity contribution is 5.30. The first-order valence-electron chi connectivity index (χ1n) is 9.68. The van der Waals surface area contributed by atoms with E-state index in [0.29, 0.717) is 0 Å².